The van der Waals surface area contributed by atoms with Crippen molar-refractivity contribution in [3.63, 3.8) is 0 Å². The second kappa shape index (κ2) is 8.11. The van der Waals surface area contributed by atoms with Crippen LogP contribution in [0.2, 0.25) is 5.02 Å². The van der Waals surface area contributed by atoms with Gasteiger partial charge in [0.25, 0.3) is 17.5 Å². The van der Waals surface area contributed by atoms with E-state index in [4.69, 9.17) is 11.6 Å². The minimum atomic E-state index is -0.493. The van der Waals surface area contributed by atoms with Crippen LogP contribution in [0.5, 0.6) is 0 Å². The molecule has 0 aliphatic carbocycles. The largest absolute Gasteiger partial charge is 0.345 e. The van der Waals surface area contributed by atoms with Crippen LogP contribution in [0.25, 0.3) is 5.69 Å². The van der Waals surface area contributed by atoms with E-state index in [-0.39, 0.29) is 27.9 Å². The number of rotatable bonds is 5. The molecule has 148 valence electrons. The minimum Gasteiger partial charge on any atom is -0.345 e. The smallest absolute Gasteiger partial charge is 0.276 e. The summed E-state index contributed by atoms with van der Waals surface area (Å²) >= 11 is 6.07. The highest BCUT2D eigenvalue weighted by atomic mass is 35.5. The van der Waals surface area contributed by atoms with Gasteiger partial charge in [0, 0.05) is 38.1 Å². The number of hydrogen-bond donors (Lipinski definition) is 1. The van der Waals surface area contributed by atoms with Crippen LogP contribution in [0, 0.1) is 10.1 Å². The summed E-state index contributed by atoms with van der Waals surface area (Å²) in [4.78, 5) is 36.3. The number of halogens is 1. The summed E-state index contributed by atoms with van der Waals surface area (Å²) in [5.74, 6) is -0.759. The number of amides is 2. The fourth-order valence-corrected chi connectivity index (χ4v) is 2.72. The lowest BCUT2D eigenvalue weighted by atomic mass is 10.1. The molecule has 0 unspecified atom stereocenters. The third kappa shape index (κ3) is 4.41. The van der Waals surface area contributed by atoms with Crippen LogP contribution >= 0.6 is 11.6 Å². The fourth-order valence-electron chi connectivity index (χ4n) is 2.52. The zero-order valence-electron chi connectivity index (χ0n) is 15.5. The van der Waals surface area contributed by atoms with Crippen LogP contribution in [-0.2, 0) is 0 Å². The number of nitrogens with zero attached hydrogens (tertiary/aromatic N) is 4. The van der Waals surface area contributed by atoms with E-state index in [9.17, 15) is 19.7 Å². The molecule has 0 atom stereocenters. The number of nitro benzene ring substituents is 1. The highest BCUT2D eigenvalue weighted by Gasteiger charge is 2.16. The Morgan fingerprint density at radius 1 is 1.14 bits per heavy atom. The van der Waals surface area contributed by atoms with Gasteiger partial charge < -0.3 is 10.2 Å². The van der Waals surface area contributed by atoms with Crippen molar-refractivity contribution in [2.45, 2.75) is 0 Å². The first-order valence-electron chi connectivity index (χ1n) is 8.39. The third-order valence-corrected chi connectivity index (χ3v) is 4.34. The summed E-state index contributed by atoms with van der Waals surface area (Å²) in [6.45, 7) is 0. The van der Waals surface area contributed by atoms with Gasteiger partial charge >= 0.3 is 0 Å². The van der Waals surface area contributed by atoms with Crippen LogP contribution in [0.15, 0.2) is 54.7 Å². The van der Waals surface area contributed by atoms with E-state index in [0.29, 0.717) is 11.4 Å². The Kier molecular flexibility index (Phi) is 5.60. The number of aromatic nitrogens is 2. The minimum absolute atomic E-state index is 0.0373. The first-order valence-corrected chi connectivity index (χ1v) is 8.77. The Bertz CT molecular complexity index is 1090. The molecule has 0 aliphatic rings. The second-order valence-electron chi connectivity index (χ2n) is 6.27. The maximum Gasteiger partial charge on any atom is 0.276 e. The SMILES string of the molecule is CN(C)C(=O)c1cc(NC(=O)c2ccn(-c3ccc([N+](=O)[O-])cc3)n2)ccc1Cl. The normalized spacial score (nSPS) is 10.4. The molecular formula is C19H16ClN5O4. The van der Waals surface area contributed by atoms with Gasteiger partial charge in [-0.1, -0.05) is 11.6 Å². The molecule has 1 N–H and O–H groups in total. The van der Waals surface area contributed by atoms with Crippen LogP contribution in [0.1, 0.15) is 20.8 Å². The average molecular weight is 414 g/mol. The van der Waals surface area contributed by atoms with Crippen molar-refractivity contribution >= 4 is 34.8 Å². The standard InChI is InChI=1S/C19H16ClN5O4/c1-23(2)19(27)15-11-12(3-8-16(15)20)21-18(26)17-9-10-24(22-17)13-4-6-14(7-5-13)25(28)29/h3-11H,1-2H3,(H,21,26). The molecule has 0 spiro atoms. The van der Waals surface area contributed by atoms with Crippen LogP contribution in [0.4, 0.5) is 11.4 Å². The van der Waals surface area contributed by atoms with E-state index < -0.39 is 10.8 Å². The van der Waals surface area contributed by atoms with Crippen molar-refractivity contribution in [3.8, 4) is 5.69 Å². The molecule has 2 aromatic carbocycles. The van der Waals surface area contributed by atoms with E-state index in [0.717, 1.165) is 0 Å². The number of hydrogen-bond acceptors (Lipinski definition) is 5. The Morgan fingerprint density at radius 2 is 1.83 bits per heavy atom. The van der Waals surface area contributed by atoms with Crippen molar-refractivity contribution in [1.82, 2.24) is 14.7 Å². The van der Waals surface area contributed by atoms with E-state index in [1.807, 2.05) is 0 Å². The number of benzene rings is 2. The fraction of sp³-hybridized carbons (Fsp3) is 0.105. The van der Waals surface area contributed by atoms with Crippen molar-refractivity contribution in [1.29, 1.82) is 0 Å². The molecule has 0 fully saturated rings. The Balaban J connectivity index is 1.78. The highest BCUT2D eigenvalue weighted by Crippen LogP contribution is 2.22. The summed E-state index contributed by atoms with van der Waals surface area (Å²) in [7, 11) is 3.21. The molecule has 10 heteroatoms. The van der Waals surface area contributed by atoms with Gasteiger partial charge in [-0.2, -0.15) is 5.10 Å². The van der Waals surface area contributed by atoms with Gasteiger partial charge in [-0.3, -0.25) is 19.7 Å². The van der Waals surface area contributed by atoms with Crippen LogP contribution < -0.4 is 5.32 Å². The predicted octanol–water partition coefficient (Wildman–Crippen LogP) is 3.39. The molecule has 0 aliphatic heterocycles. The molecular weight excluding hydrogens is 398 g/mol. The van der Waals surface area contributed by atoms with Crippen molar-refractivity contribution < 1.29 is 14.5 Å². The van der Waals surface area contributed by atoms with Gasteiger partial charge in [-0.15, -0.1) is 0 Å². The summed E-state index contributed by atoms with van der Waals surface area (Å²) < 4.78 is 1.43. The van der Waals surface area contributed by atoms with Gasteiger partial charge in [-0.05, 0) is 36.4 Å². The lowest BCUT2D eigenvalue weighted by molar-refractivity contribution is -0.384. The van der Waals surface area contributed by atoms with Gasteiger partial charge in [0.15, 0.2) is 5.69 Å². The van der Waals surface area contributed by atoms with E-state index >= 15 is 0 Å². The maximum absolute atomic E-state index is 12.5. The molecule has 9 nitrogen and oxygen atoms in total. The Hall–Kier alpha value is -3.72. The molecule has 2 amide bonds. The lowest BCUT2D eigenvalue weighted by Crippen LogP contribution is -2.22. The Labute approximate surface area is 170 Å². The molecule has 29 heavy (non-hydrogen) atoms. The second-order valence-corrected chi connectivity index (χ2v) is 6.67. The first-order chi connectivity index (χ1) is 13.8. The van der Waals surface area contributed by atoms with Gasteiger partial charge in [0.05, 0.1) is 21.2 Å². The molecule has 0 saturated heterocycles. The number of non-ortho nitro benzene ring substituents is 1. The predicted molar refractivity (Wildman–Crippen MR) is 108 cm³/mol. The van der Waals surface area contributed by atoms with Crippen LogP contribution in [-0.4, -0.2) is 45.5 Å². The molecule has 1 heterocycles. The number of anilines is 1. The maximum atomic E-state index is 12.5. The molecule has 3 aromatic rings. The summed E-state index contributed by atoms with van der Waals surface area (Å²) in [6.07, 6.45) is 1.57. The van der Waals surface area contributed by atoms with Gasteiger partial charge in [0.1, 0.15) is 0 Å². The van der Waals surface area contributed by atoms with Crippen molar-refractivity contribution in [2.24, 2.45) is 0 Å². The van der Waals surface area contributed by atoms with E-state index in [1.54, 1.807) is 26.4 Å². The molecule has 3 rings (SSSR count). The highest BCUT2D eigenvalue weighted by molar-refractivity contribution is 6.34. The Morgan fingerprint density at radius 3 is 2.45 bits per heavy atom. The number of nitrogens with one attached hydrogen (secondary N) is 1. The first kappa shape index (κ1) is 20.0. The van der Waals surface area contributed by atoms with Crippen molar-refractivity contribution in [2.75, 3.05) is 19.4 Å². The van der Waals surface area contributed by atoms with Crippen molar-refractivity contribution in [3.05, 3.63) is 81.1 Å². The van der Waals surface area contributed by atoms with Crippen LogP contribution in [0.3, 0.4) is 0 Å². The topological polar surface area (TPSA) is 110 Å². The summed E-state index contributed by atoms with van der Waals surface area (Å²) in [5.41, 5.74) is 1.34. The molecule has 0 saturated carbocycles. The quantitative estimate of drug-likeness (QED) is 0.509. The lowest BCUT2D eigenvalue weighted by Gasteiger charge is -2.13. The molecule has 0 radical (unpaired) electrons. The number of nitro groups is 1. The monoisotopic (exact) mass is 413 g/mol. The van der Waals surface area contributed by atoms with E-state index in [1.165, 1.54) is 52.0 Å². The summed E-state index contributed by atoms with van der Waals surface area (Å²) in [6, 6.07) is 11.9. The average Bonchev–Trinajstić information content (AvgIpc) is 3.19. The molecule has 0 bridgehead atoms. The number of carbonyl (C=O) groups excluding carboxylic acids is 2. The van der Waals surface area contributed by atoms with Gasteiger partial charge in [-0.25, -0.2) is 4.68 Å². The summed E-state index contributed by atoms with van der Waals surface area (Å²) in [5, 5.41) is 17.9. The van der Waals surface area contributed by atoms with E-state index in [2.05, 4.69) is 10.4 Å². The zero-order chi connectivity index (χ0) is 21.1. The molecule has 1 aromatic heterocycles. The third-order valence-electron chi connectivity index (χ3n) is 4.01. The van der Waals surface area contributed by atoms with Gasteiger partial charge in [0.2, 0.25) is 0 Å². The number of carbonyl (C=O) groups is 2. The zero-order valence-corrected chi connectivity index (χ0v) is 16.3.